The van der Waals surface area contributed by atoms with E-state index in [1.807, 2.05) is 13.8 Å². The van der Waals surface area contributed by atoms with Crippen molar-refractivity contribution in [1.82, 2.24) is 4.90 Å². The van der Waals surface area contributed by atoms with Crippen LogP contribution in [0.1, 0.15) is 53.3 Å². The van der Waals surface area contributed by atoms with Gasteiger partial charge in [0.2, 0.25) is 5.91 Å². The normalized spacial score (nSPS) is 10.3. The minimum absolute atomic E-state index is 0.108. The maximum atomic E-state index is 12.3. The quantitative estimate of drug-likeness (QED) is 0.598. The molecule has 28 heavy (non-hydrogen) atoms. The summed E-state index contributed by atoms with van der Waals surface area (Å²) < 4.78 is 10.0. The number of carbonyl (C=O) groups excluding carboxylic acids is 4. The van der Waals surface area contributed by atoms with E-state index in [2.05, 4.69) is 5.32 Å². The Balaban J connectivity index is 3.00. The number of amides is 2. The lowest BCUT2D eigenvalue weighted by atomic mass is 10.1. The summed E-state index contributed by atoms with van der Waals surface area (Å²) in [6.07, 6.45) is 0. The Morgan fingerprint density at radius 1 is 1.00 bits per heavy atom. The van der Waals surface area contributed by atoms with Gasteiger partial charge in [-0.1, -0.05) is 11.8 Å². The van der Waals surface area contributed by atoms with Crippen LogP contribution < -0.4 is 5.32 Å². The van der Waals surface area contributed by atoms with Crippen molar-refractivity contribution < 1.29 is 28.7 Å². The van der Waals surface area contributed by atoms with Crippen molar-refractivity contribution in [3.05, 3.63) is 16.0 Å². The molecule has 10 heteroatoms. The first-order valence-corrected chi connectivity index (χ1v) is 10.8. The van der Waals surface area contributed by atoms with Crippen molar-refractivity contribution in [3.8, 4) is 0 Å². The van der Waals surface area contributed by atoms with Gasteiger partial charge in [-0.25, -0.2) is 9.59 Å². The highest BCUT2D eigenvalue weighted by molar-refractivity contribution is 8.14. The van der Waals surface area contributed by atoms with E-state index in [1.165, 1.54) is 0 Å². The first-order valence-electron chi connectivity index (χ1n) is 8.99. The van der Waals surface area contributed by atoms with Gasteiger partial charge in [0, 0.05) is 13.1 Å². The summed E-state index contributed by atoms with van der Waals surface area (Å²) in [6, 6.07) is 0. The predicted octanol–water partition coefficient (Wildman–Crippen LogP) is 3.54. The van der Waals surface area contributed by atoms with E-state index in [-0.39, 0.29) is 39.6 Å². The molecule has 0 radical (unpaired) electrons. The fourth-order valence-corrected chi connectivity index (χ4v) is 4.18. The van der Waals surface area contributed by atoms with Crippen LogP contribution >= 0.6 is 23.1 Å². The molecule has 0 unspecified atom stereocenters. The topological polar surface area (TPSA) is 102 Å². The molecule has 1 aromatic heterocycles. The number of thioether (sulfide) groups is 1. The van der Waals surface area contributed by atoms with E-state index in [1.54, 1.807) is 25.7 Å². The molecule has 156 valence electrons. The van der Waals surface area contributed by atoms with Crippen molar-refractivity contribution in [2.75, 3.05) is 37.4 Å². The Labute approximate surface area is 172 Å². The number of nitrogens with zero attached hydrogens (tertiary/aromatic N) is 1. The zero-order valence-electron chi connectivity index (χ0n) is 16.7. The van der Waals surface area contributed by atoms with E-state index in [0.29, 0.717) is 18.7 Å². The highest BCUT2D eigenvalue weighted by atomic mass is 32.2. The standard InChI is InChI=1S/C18H26N2O6S2/c1-6-20(7-2)18(24)27-10-12(21)19-15-13(16(22)25-8-3)11(5)14(28-15)17(23)26-9-4/h6-10H2,1-5H3,(H,19,21). The third-order valence-corrected chi connectivity index (χ3v) is 5.79. The van der Waals surface area contributed by atoms with Gasteiger partial charge in [-0.15, -0.1) is 11.3 Å². The molecule has 0 spiro atoms. The molecule has 0 aromatic carbocycles. The van der Waals surface area contributed by atoms with Gasteiger partial charge in [0.25, 0.3) is 5.24 Å². The molecule has 0 aliphatic heterocycles. The lowest BCUT2D eigenvalue weighted by molar-refractivity contribution is -0.113. The molecule has 1 N–H and O–H groups in total. The summed E-state index contributed by atoms with van der Waals surface area (Å²) >= 11 is 1.84. The fourth-order valence-electron chi connectivity index (χ4n) is 2.31. The van der Waals surface area contributed by atoms with E-state index >= 15 is 0 Å². The molecule has 1 heterocycles. The van der Waals surface area contributed by atoms with E-state index in [4.69, 9.17) is 9.47 Å². The first-order chi connectivity index (χ1) is 13.3. The highest BCUT2D eigenvalue weighted by Gasteiger charge is 2.27. The summed E-state index contributed by atoms with van der Waals surface area (Å²) in [7, 11) is 0. The summed E-state index contributed by atoms with van der Waals surface area (Å²) in [4.78, 5) is 50.6. The van der Waals surface area contributed by atoms with Crippen LogP contribution in [0, 0.1) is 6.92 Å². The molecule has 0 saturated heterocycles. The Kier molecular flexibility index (Phi) is 10.0. The van der Waals surface area contributed by atoms with Gasteiger partial charge in [-0.3, -0.25) is 9.59 Å². The third-order valence-electron chi connectivity index (χ3n) is 3.69. The number of thiophene rings is 1. The smallest absolute Gasteiger partial charge is 0.348 e. The van der Waals surface area contributed by atoms with Crippen LogP contribution in [0.25, 0.3) is 0 Å². The van der Waals surface area contributed by atoms with Crippen molar-refractivity contribution in [3.63, 3.8) is 0 Å². The van der Waals surface area contributed by atoms with Crippen LogP contribution in [0.5, 0.6) is 0 Å². The molecule has 1 aromatic rings. The second kappa shape index (κ2) is 11.7. The zero-order valence-corrected chi connectivity index (χ0v) is 18.4. The van der Waals surface area contributed by atoms with E-state index < -0.39 is 17.8 Å². The lowest BCUT2D eigenvalue weighted by Crippen LogP contribution is -2.28. The Bertz CT molecular complexity index is 728. The zero-order chi connectivity index (χ0) is 21.3. The highest BCUT2D eigenvalue weighted by Crippen LogP contribution is 2.34. The maximum absolute atomic E-state index is 12.3. The molecule has 0 fully saturated rings. The minimum atomic E-state index is -0.631. The van der Waals surface area contributed by atoms with Gasteiger partial charge >= 0.3 is 11.9 Å². The van der Waals surface area contributed by atoms with Crippen molar-refractivity contribution in [1.29, 1.82) is 0 Å². The summed E-state index contributed by atoms with van der Waals surface area (Å²) in [5.41, 5.74) is 0.521. The number of ether oxygens (including phenoxy) is 2. The van der Waals surface area contributed by atoms with Gasteiger partial charge in [0.1, 0.15) is 9.88 Å². The van der Waals surface area contributed by atoms with Crippen LogP contribution in [0.3, 0.4) is 0 Å². The Morgan fingerprint density at radius 2 is 1.57 bits per heavy atom. The molecule has 0 aliphatic rings. The first kappa shape index (κ1) is 24.0. The fraction of sp³-hybridized carbons (Fsp3) is 0.556. The van der Waals surface area contributed by atoms with Gasteiger partial charge in [-0.2, -0.15) is 0 Å². The third kappa shape index (κ3) is 6.23. The number of hydrogen-bond donors (Lipinski definition) is 1. The monoisotopic (exact) mass is 430 g/mol. The second-order valence-electron chi connectivity index (χ2n) is 5.48. The Morgan fingerprint density at radius 3 is 2.11 bits per heavy atom. The second-order valence-corrected chi connectivity index (χ2v) is 7.42. The largest absolute Gasteiger partial charge is 0.462 e. The van der Waals surface area contributed by atoms with Crippen LogP contribution in [0.4, 0.5) is 9.80 Å². The lowest BCUT2D eigenvalue weighted by Gasteiger charge is -2.17. The summed E-state index contributed by atoms with van der Waals surface area (Å²) in [6.45, 7) is 10.1. The Hall–Kier alpha value is -2.07. The maximum Gasteiger partial charge on any atom is 0.348 e. The summed E-state index contributed by atoms with van der Waals surface area (Å²) in [5.74, 6) is -1.76. The number of nitrogens with one attached hydrogen (secondary N) is 1. The number of hydrogen-bond acceptors (Lipinski definition) is 8. The van der Waals surface area contributed by atoms with E-state index in [0.717, 1.165) is 23.1 Å². The van der Waals surface area contributed by atoms with E-state index in [9.17, 15) is 19.2 Å². The number of carbonyl (C=O) groups is 4. The van der Waals surface area contributed by atoms with Crippen molar-refractivity contribution in [2.24, 2.45) is 0 Å². The van der Waals surface area contributed by atoms with Crippen molar-refractivity contribution in [2.45, 2.75) is 34.6 Å². The van der Waals surface area contributed by atoms with Gasteiger partial charge in [0.15, 0.2) is 0 Å². The average molecular weight is 431 g/mol. The van der Waals surface area contributed by atoms with Gasteiger partial charge in [0.05, 0.1) is 24.5 Å². The van der Waals surface area contributed by atoms with Gasteiger partial charge < -0.3 is 19.7 Å². The van der Waals surface area contributed by atoms with Crippen LogP contribution in [-0.2, 0) is 14.3 Å². The number of esters is 2. The average Bonchev–Trinajstić information content (AvgIpc) is 2.97. The molecular weight excluding hydrogens is 404 g/mol. The van der Waals surface area contributed by atoms with Crippen LogP contribution in [0.2, 0.25) is 0 Å². The number of rotatable bonds is 9. The van der Waals surface area contributed by atoms with Crippen LogP contribution in [-0.4, -0.2) is 60.0 Å². The summed E-state index contributed by atoms with van der Waals surface area (Å²) in [5, 5.41) is 2.63. The molecule has 0 aliphatic carbocycles. The van der Waals surface area contributed by atoms with Crippen molar-refractivity contribution >= 4 is 51.2 Å². The number of anilines is 1. The minimum Gasteiger partial charge on any atom is -0.462 e. The SMILES string of the molecule is CCOC(=O)c1sc(NC(=O)CSC(=O)N(CC)CC)c(C(=O)OCC)c1C. The molecule has 0 saturated carbocycles. The molecule has 8 nitrogen and oxygen atoms in total. The van der Waals surface area contributed by atoms with Crippen LogP contribution in [0.15, 0.2) is 0 Å². The molecule has 0 atom stereocenters. The molecule has 0 bridgehead atoms. The molecule has 1 rings (SSSR count). The molecular formula is C18H26N2O6S2. The predicted molar refractivity (Wildman–Crippen MR) is 110 cm³/mol. The molecule has 2 amide bonds. The van der Waals surface area contributed by atoms with Gasteiger partial charge in [-0.05, 0) is 40.2 Å².